The molecule has 2 fully saturated rings. The van der Waals surface area contributed by atoms with Gasteiger partial charge in [0.15, 0.2) is 0 Å². The van der Waals surface area contributed by atoms with Crippen LogP contribution in [0, 0.1) is 5.92 Å². The molecule has 6 heteroatoms. The van der Waals surface area contributed by atoms with E-state index in [0.29, 0.717) is 25.0 Å². The molecular weight excluding hydrogens is 294 g/mol. The standard InChI is InChI=1S/C17H25N3O3/c1-22-13-15-10-20(11-16(15)14-2-4-18-5-3-14)17(21)12-19-6-8-23-9-7-19/h2-5,15-16H,6-13H2,1H3/t15-,16-/m0/s1. The van der Waals surface area contributed by atoms with Gasteiger partial charge in [0.2, 0.25) is 5.91 Å². The van der Waals surface area contributed by atoms with Crippen LogP contribution in [0.4, 0.5) is 0 Å². The number of hydrogen-bond donors (Lipinski definition) is 0. The van der Waals surface area contributed by atoms with E-state index in [-0.39, 0.29) is 5.91 Å². The van der Waals surface area contributed by atoms with Crippen LogP contribution in [0.5, 0.6) is 0 Å². The summed E-state index contributed by atoms with van der Waals surface area (Å²) in [6, 6.07) is 4.09. The molecule has 3 heterocycles. The predicted molar refractivity (Wildman–Crippen MR) is 86.2 cm³/mol. The van der Waals surface area contributed by atoms with E-state index in [9.17, 15) is 4.79 Å². The molecule has 0 aromatic carbocycles. The maximum atomic E-state index is 12.6. The molecule has 2 saturated heterocycles. The van der Waals surface area contributed by atoms with E-state index >= 15 is 0 Å². The van der Waals surface area contributed by atoms with Gasteiger partial charge in [0.1, 0.15) is 0 Å². The summed E-state index contributed by atoms with van der Waals surface area (Å²) in [4.78, 5) is 20.9. The molecule has 0 bridgehead atoms. The van der Waals surface area contributed by atoms with Gasteiger partial charge < -0.3 is 14.4 Å². The van der Waals surface area contributed by atoms with E-state index in [2.05, 4.69) is 9.88 Å². The maximum absolute atomic E-state index is 12.6. The topological polar surface area (TPSA) is 54.9 Å². The van der Waals surface area contributed by atoms with Gasteiger partial charge in [-0.05, 0) is 17.7 Å². The zero-order valence-corrected chi connectivity index (χ0v) is 13.7. The lowest BCUT2D eigenvalue weighted by Gasteiger charge is -2.28. The van der Waals surface area contributed by atoms with E-state index in [0.717, 1.165) is 39.4 Å². The summed E-state index contributed by atoms with van der Waals surface area (Å²) < 4.78 is 10.7. The molecular formula is C17H25N3O3. The molecule has 0 radical (unpaired) electrons. The van der Waals surface area contributed by atoms with Crippen molar-refractivity contribution in [3.63, 3.8) is 0 Å². The summed E-state index contributed by atoms with van der Waals surface area (Å²) in [5.41, 5.74) is 1.24. The highest BCUT2D eigenvalue weighted by Crippen LogP contribution is 2.32. The fourth-order valence-corrected chi connectivity index (χ4v) is 3.50. The zero-order chi connectivity index (χ0) is 16.1. The minimum atomic E-state index is 0.213. The lowest BCUT2D eigenvalue weighted by molar-refractivity contribution is -0.132. The molecule has 1 aromatic heterocycles. The van der Waals surface area contributed by atoms with E-state index in [4.69, 9.17) is 9.47 Å². The minimum Gasteiger partial charge on any atom is -0.384 e. The first kappa shape index (κ1) is 16.4. The Balaban J connectivity index is 1.63. The van der Waals surface area contributed by atoms with Crippen LogP contribution in [-0.4, -0.2) is 80.3 Å². The Hall–Kier alpha value is -1.50. The van der Waals surface area contributed by atoms with Crippen LogP contribution in [0.25, 0.3) is 0 Å². The summed E-state index contributed by atoms with van der Waals surface area (Å²) >= 11 is 0. The SMILES string of the molecule is COC[C@@H]1CN(C(=O)CN2CCOCC2)C[C@H]1c1ccncc1. The Bertz CT molecular complexity index is 505. The van der Waals surface area contributed by atoms with Gasteiger partial charge in [-0.1, -0.05) is 0 Å². The number of carbonyl (C=O) groups excluding carboxylic acids is 1. The predicted octanol–water partition coefficient (Wildman–Crippen LogP) is 0.602. The number of ether oxygens (including phenoxy) is 2. The molecule has 2 aliphatic heterocycles. The first-order chi connectivity index (χ1) is 11.3. The Morgan fingerprint density at radius 1 is 1.30 bits per heavy atom. The average Bonchev–Trinajstić information content (AvgIpc) is 3.01. The number of morpholine rings is 1. The van der Waals surface area contributed by atoms with Gasteiger partial charge in [0, 0.05) is 57.5 Å². The van der Waals surface area contributed by atoms with Gasteiger partial charge in [-0.3, -0.25) is 14.7 Å². The molecule has 23 heavy (non-hydrogen) atoms. The van der Waals surface area contributed by atoms with Crippen molar-refractivity contribution in [3.05, 3.63) is 30.1 Å². The number of aromatic nitrogens is 1. The second-order valence-electron chi connectivity index (χ2n) is 6.29. The van der Waals surface area contributed by atoms with Gasteiger partial charge in [-0.15, -0.1) is 0 Å². The van der Waals surface area contributed by atoms with Crippen LogP contribution in [0.3, 0.4) is 0 Å². The molecule has 1 amide bonds. The molecule has 0 aliphatic carbocycles. The van der Waals surface area contributed by atoms with Gasteiger partial charge in [0.05, 0.1) is 26.4 Å². The largest absolute Gasteiger partial charge is 0.384 e. The monoisotopic (exact) mass is 319 g/mol. The van der Waals surface area contributed by atoms with Gasteiger partial charge in [-0.2, -0.15) is 0 Å². The first-order valence-electron chi connectivity index (χ1n) is 8.24. The second kappa shape index (κ2) is 7.86. The maximum Gasteiger partial charge on any atom is 0.236 e. The minimum absolute atomic E-state index is 0.213. The Morgan fingerprint density at radius 2 is 2.04 bits per heavy atom. The highest BCUT2D eigenvalue weighted by Gasteiger charge is 2.36. The third-order valence-electron chi connectivity index (χ3n) is 4.77. The number of methoxy groups -OCH3 is 1. The molecule has 0 saturated carbocycles. The van der Waals surface area contributed by atoms with Gasteiger partial charge in [-0.25, -0.2) is 0 Å². The second-order valence-corrected chi connectivity index (χ2v) is 6.29. The highest BCUT2D eigenvalue weighted by atomic mass is 16.5. The van der Waals surface area contributed by atoms with E-state index in [1.807, 2.05) is 29.4 Å². The van der Waals surface area contributed by atoms with Crippen molar-refractivity contribution in [3.8, 4) is 0 Å². The van der Waals surface area contributed by atoms with Crippen LogP contribution in [0.1, 0.15) is 11.5 Å². The van der Waals surface area contributed by atoms with Crippen LogP contribution in [-0.2, 0) is 14.3 Å². The Labute approximate surface area is 137 Å². The lowest BCUT2D eigenvalue weighted by Crippen LogP contribution is -2.44. The molecule has 0 unspecified atom stereocenters. The van der Waals surface area contributed by atoms with Crippen molar-refractivity contribution in [2.75, 3.05) is 59.7 Å². The first-order valence-corrected chi connectivity index (χ1v) is 8.24. The van der Waals surface area contributed by atoms with E-state index < -0.39 is 0 Å². The molecule has 2 atom stereocenters. The van der Waals surface area contributed by atoms with Crippen molar-refractivity contribution in [2.45, 2.75) is 5.92 Å². The summed E-state index contributed by atoms with van der Waals surface area (Å²) in [7, 11) is 1.72. The molecule has 0 spiro atoms. The van der Waals surface area contributed by atoms with Crippen LogP contribution in [0.15, 0.2) is 24.5 Å². The van der Waals surface area contributed by atoms with Crippen molar-refractivity contribution in [2.24, 2.45) is 5.92 Å². The van der Waals surface area contributed by atoms with Crippen molar-refractivity contribution < 1.29 is 14.3 Å². The van der Waals surface area contributed by atoms with Crippen LogP contribution < -0.4 is 0 Å². The smallest absolute Gasteiger partial charge is 0.236 e. The van der Waals surface area contributed by atoms with E-state index in [1.165, 1.54) is 5.56 Å². The zero-order valence-electron chi connectivity index (χ0n) is 13.7. The summed E-state index contributed by atoms with van der Waals surface area (Å²) in [6.07, 6.45) is 3.63. The average molecular weight is 319 g/mol. The van der Waals surface area contributed by atoms with Gasteiger partial charge in [0.25, 0.3) is 0 Å². The number of hydrogen-bond acceptors (Lipinski definition) is 5. The van der Waals surface area contributed by atoms with Crippen molar-refractivity contribution in [1.82, 2.24) is 14.8 Å². The van der Waals surface area contributed by atoms with Gasteiger partial charge >= 0.3 is 0 Å². The molecule has 126 valence electrons. The quantitative estimate of drug-likeness (QED) is 0.796. The Morgan fingerprint density at radius 3 is 2.74 bits per heavy atom. The number of amides is 1. The molecule has 6 nitrogen and oxygen atoms in total. The molecule has 0 N–H and O–H groups in total. The van der Waals surface area contributed by atoms with Crippen molar-refractivity contribution in [1.29, 1.82) is 0 Å². The summed E-state index contributed by atoms with van der Waals surface area (Å²) in [5, 5.41) is 0. The molecule has 3 rings (SSSR count). The van der Waals surface area contributed by atoms with Crippen LogP contribution in [0.2, 0.25) is 0 Å². The number of likely N-dealkylation sites (tertiary alicyclic amines) is 1. The van der Waals surface area contributed by atoms with Crippen LogP contribution >= 0.6 is 0 Å². The summed E-state index contributed by atoms with van der Waals surface area (Å²) in [6.45, 7) is 5.83. The lowest BCUT2D eigenvalue weighted by atomic mass is 9.90. The van der Waals surface area contributed by atoms with E-state index in [1.54, 1.807) is 7.11 Å². The third kappa shape index (κ3) is 4.07. The number of pyridine rings is 1. The van der Waals surface area contributed by atoms with Crippen molar-refractivity contribution >= 4 is 5.91 Å². The molecule has 1 aromatic rings. The number of carbonyl (C=O) groups is 1. The fraction of sp³-hybridized carbons (Fsp3) is 0.647. The number of nitrogens with zero attached hydrogens (tertiary/aromatic N) is 3. The number of rotatable bonds is 5. The fourth-order valence-electron chi connectivity index (χ4n) is 3.50. The summed E-state index contributed by atoms with van der Waals surface area (Å²) in [5.74, 6) is 0.882. The normalized spacial score (nSPS) is 25.7. The Kier molecular flexibility index (Phi) is 5.59. The highest BCUT2D eigenvalue weighted by molar-refractivity contribution is 5.78. The third-order valence-corrected chi connectivity index (χ3v) is 4.77. The molecule has 2 aliphatic rings.